The lowest BCUT2D eigenvalue weighted by molar-refractivity contribution is 0.518. The van der Waals surface area contributed by atoms with Gasteiger partial charge in [0.2, 0.25) is 0 Å². The maximum Gasteiger partial charge on any atom is 0.428 e. The van der Waals surface area contributed by atoms with E-state index >= 15 is 0 Å². The molecule has 0 aromatic heterocycles. The van der Waals surface area contributed by atoms with Crippen LogP contribution in [0.4, 0.5) is 0 Å². The third kappa shape index (κ3) is 2.57. The van der Waals surface area contributed by atoms with E-state index in [2.05, 4.69) is 0 Å². The smallest absolute Gasteiger partial charge is 0.421 e. The Morgan fingerprint density at radius 2 is 1.32 bits per heavy atom. The Balaban J connectivity index is 2.43. The molecule has 0 saturated heterocycles. The largest absolute Gasteiger partial charge is 0.428 e. The van der Waals surface area contributed by atoms with E-state index in [9.17, 15) is 4.57 Å². The fourth-order valence-electron chi connectivity index (χ4n) is 2.18. The molecule has 5 heteroatoms. The van der Waals surface area contributed by atoms with Gasteiger partial charge in [0, 0.05) is 33.3 Å². The first-order valence-corrected chi connectivity index (χ1v) is 9.07. The average Bonchev–Trinajstić information content (AvgIpc) is 2.37. The highest BCUT2D eigenvalue weighted by atomic mass is 35.9. The van der Waals surface area contributed by atoms with Crippen molar-refractivity contribution in [3.8, 4) is 5.75 Å². The van der Waals surface area contributed by atoms with Crippen LogP contribution in [0.2, 0.25) is 0 Å². The summed E-state index contributed by atoms with van der Waals surface area (Å²) in [5, 5.41) is 3.64. The molecule has 96 valence electrons. The van der Waals surface area contributed by atoms with Gasteiger partial charge in [-0.1, -0.05) is 48.5 Å². The first-order chi connectivity index (χ1) is 9.04. The van der Waals surface area contributed by atoms with Crippen molar-refractivity contribution in [1.29, 1.82) is 0 Å². The lowest BCUT2D eigenvalue weighted by Crippen LogP contribution is -1.87. The fraction of sp³-hybridized carbons (Fsp3) is 0. The summed E-state index contributed by atoms with van der Waals surface area (Å²) in [5.41, 5.74) is 0. The maximum atomic E-state index is 11.6. The van der Waals surface area contributed by atoms with Crippen molar-refractivity contribution in [2.24, 2.45) is 0 Å². The van der Waals surface area contributed by atoms with Crippen LogP contribution in [0.25, 0.3) is 21.5 Å². The number of halogens is 2. The van der Waals surface area contributed by atoms with Gasteiger partial charge in [0.05, 0.1) is 0 Å². The number of hydrogen-bond acceptors (Lipinski definition) is 2. The van der Waals surface area contributed by atoms with Crippen LogP contribution in [0.3, 0.4) is 0 Å². The monoisotopic (exact) mass is 310 g/mol. The second-order valence-electron chi connectivity index (χ2n) is 4.15. The normalized spacial score (nSPS) is 11.9. The SMILES string of the molecule is O=P(Cl)(Cl)Oc1c2ccccc2cc2ccccc12. The summed E-state index contributed by atoms with van der Waals surface area (Å²) in [6, 6.07) is 17.4. The van der Waals surface area contributed by atoms with Crippen molar-refractivity contribution < 1.29 is 9.09 Å². The van der Waals surface area contributed by atoms with E-state index in [-0.39, 0.29) is 0 Å². The molecule has 0 aliphatic carbocycles. The van der Waals surface area contributed by atoms with Crippen molar-refractivity contribution in [3.63, 3.8) is 0 Å². The molecule has 19 heavy (non-hydrogen) atoms. The van der Waals surface area contributed by atoms with E-state index < -0.39 is 6.07 Å². The number of rotatable bonds is 2. The van der Waals surface area contributed by atoms with Crippen LogP contribution in [-0.2, 0) is 4.57 Å². The van der Waals surface area contributed by atoms with Crippen LogP contribution >= 0.6 is 28.6 Å². The molecule has 0 N–H and O–H groups in total. The number of benzene rings is 3. The molecule has 0 bridgehead atoms. The lowest BCUT2D eigenvalue weighted by atomic mass is 10.0. The van der Waals surface area contributed by atoms with Crippen molar-refractivity contribution in [3.05, 3.63) is 54.6 Å². The Morgan fingerprint density at radius 1 is 0.842 bits per heavy atom. The Hall–Kier alpha value is -1.21. The van der Waals surface area contributed by atoms with E-state index in [1.165, 1.54) is 0 Å². The Morgan fingerprint density at radius 3 is 1.79 bits per heavy atom. The summed E-state index contributed by atoms with van der Waals surface area (Å²) >= 11 is 11.1. The first-order valence-electron chi connectivity index (χ1n) is 5.64. The zero-order valence-corrected chi connectivity index (χ0v) is 12.1. The van der Waals surface area contributed by atoms with Gasteiger partial charge in [-0.05, 0) is 16.8 Å². The minimum atomic E-state index is -3.65. The highest BCUT2D eigenvalue weighted by Gasteiger charge is 2.19. The second kappa shape index (κ2) is 4.72. The minimum Gasteiger partial charge on any atom is -0.421 e. The Bertz CT molecular complexity index is 757. The van der Waals surface area contributed by atoms with Crippen LogP contribution in [0.5, 0.6) is 5.75 Å². The predicted octanol–water partition coefficient (Wildman–Crippen LogP) is 5.96. The molecule has 0 heterocycles. The maximum absolute atomic E-state index is 11.6. The van der Waals surface area contributed by atoms with Gasteiger partial charge in [-0.2, -0.15) is 0 Å². The molecular weight excluding hydrogens is 302 g/mol. The minimum absolute atomic E-state index is 0.460. The molecule has 0 amide bonds. The summed E-state index contributed by atoms with van der Waals surface area (Å²) in [5.74, 6) is 0.460. The van der Waals surface area contributed by atoms with Crippen LogP contribution in [-0.4, -0.2) is 0 Å². The van der Waals surface area contributed by atoms with E-state index in [4.69, 9.17) is 27.0 Å². The molecule has 3 aromatic rings. The molecule has 0 unspecified atom stereocenters. The summed E-state index contributed by atoms with van der Waals surface area (Å²) in [6.07, 6.45) is -3.65. The molecule has 2 nitrogen and oxygen atoms in total. The number of fused-ring (bicyclic) bond motifs is 2. The molecular formula is C14H9Cl2O2P. The van der Waals surface area contributed by atoms with Gasteiger partial charge < -0.3 is 4.52 Å². The Labute approximate surface area is 119 Å². The van der Waals surface area contributed by atoms with Crippen LogP contribution in [0.15, 0.2) is 54.6 Å². The van der Waals surface area contributed by atoms with Crippen molar-refractivity contribution in [2.75, 3.05) is 0 Å². The van der Waals surface area contributed by atoms with Crippen molar-refractivity contribution in [2.45, 2.75) is 0 Å². The van der Waals surface area contributed by atoms with E-state index in [0.29, 0.717) is 5.75 Å². The van der Waals surface area contributed by atoms with Gasteiger partial charge in [0.25, 0.3) is 0 Å². The highest BCUT2D eigenvalue weighted by molar-refractivity contribution is 8.05. The van der Waals surface area contributed by atoms with Crippen LogP contribution < -0.4 is 4.52 Å². The highest BCUT2D eigenvalue weighted by Crippen LogP contribution is 2.58. The van der Waals surface area contributed by atoms with Crippen LogP contribution in [0, 0.1) is 0 Å². The number of hydrogen-bond donors (Lipinski definition) is 0. The van der Waals surface area contributed by atoms with Crippen molar-refractivity contribution in [1.82, 2.24) is 0 Å². The second-order valence-corrected chi connectivity index (χ2v) is 8.35. The van der Waals surface area contributed by atoms with E-state index in [0.717, 1.165) is 21.5 Å². The van der Waals surface area contributed by atoms with Gasteiger partial charge in [0.1, 0.15) is 5.75 Å². The molecule has 0 fully saturated rings. The molecule has 0 atom stereocenters. The van der Waals surface area contributed by atoms with Gasteiger partial charge in [-0.15, -0.1) is 0 Å². The summed E-state index contributed by atoms with van der Waals surface area (Å²) < 4.78 is 16.9. The fourth-order valence-corrected chi connectivity index (χ4v) is 3.00. The molecule has 0 aliphatic rings. The third-order valence-electron chi connectivity index (χ3n) is 2.92. The first kappa shape index (κ1) is 12.8. The molecule has 0 aliphatic heterocycles. The molecule has 0 radical (unpaired) electrons. The topological polar surface area (TPSA) is 26.3 Å². The quantitative estimate of drug-likeness (QED) is 0.431. The van der Waals surface area contributed by atoms with Gasteiger partial charge in [-0.3, -0.25) is 0 Å². The molecule has 0 saturated carbocycles. The molecule has 3 rings (SSSR count). The lowest BCUT2D eigenvalue weighted by Gasteiger charge is -2.13. The third-order valence-corrected chi connectivity index (χ3v) is 3.73. The zero-order chi connectivity index (χ0) is 13.5. The van der Waals surface area contributed by atoms with E-state index in [1.807, 2.05) is 54.6 Å². The standard InChI is InChI=1S/C14H9Cl2O2P/c15-19(16,17)18-14-12-7-3-1-5-10(12)9-11-6-2-4-8-13(11)14/h1-9H. The summed E-state index contributed by atoms with van der Waals surface area (Å²) in [6.45, 7) is 0. The average molecular weight is 311 g/mol. The van der Waals surface area contributed by atoms with Gasteiger partial charge >= 0.3 is 6.07 Å². The zero-order valence-electron chi connectivity index (χ0n) is 9.72. The predicted molar refractivity (Wildman–Crippen MR) is 81.4 cm³/mol. The van der Waals surface area contributed by atoms with Gasteiger partial charge in [0.15, 0.2) is 0 Å². The Kier molecular flexibility index (Phi) is 3.18. The van der Waals surface area contributed by atoms with Crippen LogP contribution in [0.1, 0.15) is 0 Å². The molecule has 0 spiro atoms. The van der Waals surface area contributed by atoms with Gasteiger partial charge in [-0.25, -0.2) is 4.57 Å². The summed E-state index contributed by atoms with van der Waals surface area (Å²) in [4.78, 5) is 0. The van der Waals surface area contributed by atoms with Crippen molar-refractivity contribution >= 4 is 50.1 Å². The molecule has 3 aromatic carbocycles. The van der Waals surface area contributed by atoms with E-state index in [1.54, 1.807) is 0 Å². The summed E-state index contributed by atoms with van der Waals surface area (Å²) in [7, 11) is 0.